The molecular weight excluding hydrogens is 215 g/mol. The molecule has 0 atom stereocenters. The van der Waals surface area contributed by atoms with E-state index >= 15 is 0 Å². The van der Waals surface area contributed by atoms with Crippen molar-refractivity contribution < 1.29 is 0 Å². The predicted molar refractivity (Wildman–Crippen MR) is 61.6 cm³/mol. The second-order valence-corrected chi connectivity index (χ2v) is 3.38. The smallest absolute Gasteiger partial charge is 0.0605 e. The van der Waals surface area contributed by atoms with Gasteiger partial charge in [0.1, 0.15) is 0 Å². The van der Waals surface area contributed by atoms with Crippen molar-refractivity contribution in [2.75, 3.05) is 0 Å². The van der Waals surface area contributed by atoms with Crippen LogP contribution in [-0.4, -0.2) is 0 Å². The number of halogens is 2. The Morgan fingerprint density at radius 2 is 1.21 bits per heavy atom. The zero-order valence-electron chi connectivity index (χ0n) is 7.91. The van der Waals surface area contributed by atoms with Gasteiger partial charge in [0.15, 0.2) is 0 Å². The second-order valence-electron chi connectivity index (χ2n) is 2.56. The molecule has 0 saturated heterocycles. The zero-order chi connectivity index (χ0) is 10.6. The topological polar surface area (TPSA) is 0 Å². The van der Waals surface area contributed by atoms with Gasteiger partial charge in [-0.2, -0.15) is 0 Å². The van der Waals surface area contributed by atoms with Crippen LogP contribution < -0.4 is 0 Å². The average Bonchev–Trinajstić information content (AvgIpc) is 2.14. The van der Waals surface area contributed by atoms with Crippen molar-refractivity contribution in [2.24, 2.45) is 0 Å². The summed E-state index contributed by atoms with van der Waals surface area (Å²) < 4.78 is 0. The van der Waals surface area contributed by atoms with Gasteiger partial charge in [0, 0.05) is 11.1 Å². The van der Waals surface area contributed by atoms with Crippen LogP contribution in [0.15, 0.2) is 12.1 Å². The monoisotopic (exact) mass is 222 g/mol. The molecule has 2 heteroatoms. The molecule has 0 unspecified atom stereocenters. The van der Waals surface area contributed by atoms with E-state index in [4.69, 9.17) is 23.2 Å². The molecule has 0 bridgehead atoms. The predicted octanol–water partition coefficient (Wildman–Crippen LogP) is 3.74. The summed E-state index contributed by atoms with van der Waals surface area (Å²) in [7, 11) is 0. The number of benzene rings is 1. The largest absolute Gasteiger partial charge is 0.101 e. The molecule has 0 nitrogen and oxygen atoms in total. The molecule has 0 aliphatic carbocycles. The first-order valence-corrected chi connectivity index (χ1v) is 4.79. The molecule has 14 heavy (non-hydrogen) atoms. The molecule has 0 N–H and O–H groups in total. The van der Waals surface area contributed by atoms with Crippen molar-refractivity contribution in [3.8, 4) is 23.7 Å². The van der Waals surface area contributed by atoms with Crippen LogP contribution >= 0.6 is 23.2 Å². The third-order valence-corrected chi connectivity index (χ3v) is 2.30. The lowest BCUT2D eigenvalue weighted by molar-refractivity contribution is 1.58. The van der Waals surface area contributed by atoms with Crippen LogP contribution in [0.25, 0.3) is 0 Å². The average molecular weight is 223 g/mol. The Kier molecular flexibility index (Phi) is 3.90. The van der Waals surface area contributed by atoms with E-state index in [1.165, 1.54) is 0 Å². The van der Waals surface area contributed by atoms with E-state index < -0.39 is 0 Å². The molecule has 0 radical (unpaired) electrons. The van der Waals surface area contributed by atoms with Crippen molar-refractivity contribution in [1.29, 1.82) is 0 Å². The van der Waals surface area contributed by atoms with E-state index in [0.29, 0.717) is 10.0 Å². The van der Waals surface area contributed by atoms with Crippen LogP contribution in [0.4, 0.5) is 0 Å². The summed E-state index contributed by atoms with van der Waals surface area (Å²) in [5.74, 6) is 11.5. The molecule has 0 heterocycles. The Labute approximate surface area is 94.2 Å². The van der Waals surface area contributed by atoms with E-state index in [1.807, 2.05) is 0 Å². The van der Waals surface area contributed by atoms with Crippen LogP contribution in [0, 0.1) is 23.7 Å². The van der Waals surface area contributed by atoms with Gasteiger partial charge in [0.25, 0.3) is 0 Å². The molecular formula is C12H8Cl2. The van der Waals surface area contributed by atoms with Crippen LogP contribution in [-0.2, 0) is 0 Å². The molecule has 1 aromatic carbocycles. The SMILES string of the molecule is CC#Cc1cc(Cl)c(Cl)cc1C#CC. The number of hydrogen-bond acceptors (Lipinski definition) is 0. The summed E-state index contributed by atoms with van der Waals surface area (Å²) in [6, 6.07) is 3.47. The minimum Gasteiger partial charge on any atom is -0.101 e. The van der Waals surface area contributed by atoms with Gasteiger partial charge in [-0.15, -0.1) is 11.8 Å². The molecule has 0 aromatic heterocycles. The third-order valence-electron chi connectivity index (χ3n) is 1.58. The van der Waals surface area contributed by atoms with Gasteiger partial charge in [-0.3, -0.25) is 0 Å². The Morgan fingerprint density at radius 3 is 1.50 bits per heavy atom. The van der Waals surface area contributed by atoms with Gasteiger partial charge in [-0.05, 0) is 26.0 Å². The van der Waals surface area contributed by atoms with E-state index in [2.05, 4.69) is 23.7 Å². The fourth-order valence-corrected chi connectivity index (χ4v) is 1.35. The lowest BCUT2D eigenvalue weighted by atomic mass is 10.1. The first-order chi connectivity index (χ1) is 6.69. The molecule has 0 aliphatic heterocycles. The minimum absolute atomic E-state index is 0.506. The summed E-state index contributed by atoms with van der Waals surface area (Å²) >= 11 is 11.7. The van der Waals surface area contributed by atoms with Crippen LogP contribution in [0.1, 0.15) is 25.0 Å². The Morgan fingerprint density at radius 1 is 0.857 bits per heavy atom. The molecule has 0 spiro atoms. The van der Waals surface area contributed by atoms with Crippen LogP contribution in [0.3, 0.4) is 0 Å². The lowest BCUT2D eigenvalue weighted by Gasteiger charge is -2.00. The molecule has 0 fully saturated rings. The van der Waals surface area contributed by atoms with E-state index in [-0.39, 0.29) is 0 Å². The van der Waals surface area contributed by atoms with Gasteiger partial charge >= 0.3 is 0 Å². The highest BCUT2D eigenvalue weighted by Gasteiger charge is 2.03. The van der Waals surface area contributed by atoms with E-state index in [0.717, 1.165) is 11.1 Å². The highest BCUT2D eigenvalue weighted by atomic mass is 35.5. The van der Waals surface area contributed by atoms with Gasteiger partial charge in [0.05, 0.1) is 10.0 Å². The Bertz CT molecular complexity index is 420. The maximum Gasteiger partial charge on any atom is 0.0605 e. The molecule has 0 saturated carbocycles. The fraction of sp³-hybridized carbons (Fsp3) is 0.167. The van der Waals surface area contributed by atoms with Crippen LogP contribution in [0.2, 0.25) is 10.0 Å². The van der Waals surface area contributed by atoms with Gasteiger partial charge in [-0.1, -0.05) is 35.0 Å². The normalized spacial score (nSPS) is 8.29. The summed E-state index contributed by atoms with van der Waals surface area (Å²) in [5.41, 5.74) is 1.63. The molecule has 70 valence electrons. The van der Waals surface area contributed by atoms with E-state index in [1.54, 1.807) is 26.0 Å². The van der Waals surface area contributed by atoms with Gasteiger partial charge < -0.3 is 0 Å². The van der Waals surface area contributed by atoms with Crippen molar-refractivity contribution >= 4 is 23.2 Å². The maximum atomic E-state index is 5.87. The number of hydrogen-bond donors (Lipinski definition) is 0. The molecule has 0 amide bonds. The number of rotatable bonds is 0. The molecule has 1 rings (SSSR count). The third kappa shape index (κ3) is 2.46. The first kappa shape index (κ1) is 11.0. The quantitative estimate of drug-likeness (QED) is 0.588. The van der Waals surface area contributed by atoms with Crippen molar-refractivity contribution in [2.45, 2.75) is 13.8 Å². The minimum atomic E-state index is 0.506. The molecule has 0 aliphatic rings. The Hall–Kier alpha value is -1.08. The summed E-state index contributed by atoms with van der Waals surface area (Å²) in [5, 5.41) is 1.01. The van der Waals surface area contributed by atoms with Crippen molar-refractivity contribution in [3.05, 3.63) is 33.3 Å². The second kappa shape index (κ2) is 4.97. The maximum absolute atomic E-state index is 5.87. The van der Waals surface area contributed by atoms with Gasteiger partial charge in [-0.25, -0.2) is 0 Å². The van der Waals surface area contributed by atoms with Crippen LogP contribution in [0.5, 0.6) is 0 Å². The van der Waals surface area contributed by atoms with Crippen molar-refractivity contribution in [1.82, 2.24) is 0 Å². The summed E-state index contributed by atoms with van der Waals surface area (Å²) in [6.45, 7) is 3.54. The first-order valence-electron chi connectivity index (χ1n) is 4.03. The summed E-state index contributed by atoms with van der Waals surface area (Å²) in [6.07, 6.45) is 0. The highest BCUT2D eigenvalue weighted by Crippen LogP contribution is 2.25. The lowest BCUT2D eigenvalue weighted by Crippen LogP contribution is -1.84. The molecule has 1 aromatic rings. The Balaban J connectivity index is 3.41. The highest BCUT2D eigenvalue weighted by molar-refractivity contribution is 6.42. The van der Waals surface area contributed by atoms with Crippen molar-refractivity contribution in [3.63, 3.8) is 0 Å². The van der Waals surface area contributed by atoms with E-state index in [9.17, 15) is 0 Å². The van der Waals surface area contributed by atoms with Gasteiger partial charge in [0.2, 0.25) is 0 Å². The summed E-state index contributed by atoms with van der Waals surface area (Å²) in [4.78, 5) is 0. The zero-order valence-corrected chi connectivity index (χ0v) is 9.42. The standard InChI is InChI=1S/C12H8Cl2/c1-3-5-9-7-11(13)12(14)8-10(9)6-4-2/h7-8H,1-2H3. The fourth-order valence-electron chi connectivity index (χ4n) is 1.02.